The average molecular weight is 468 g/mol. The lowest BCUT2D eigenvalue weighted by Crippen LogP contribution is -2.39. The second-order valence-electron chi connectivity index (χ2n) is 6.97. The molecule has 0 saturated carbocycles. The third kappa shape index (κ3) is 6.41. The second kappa shape index (κ2) is 11.3. The van der Waals surface area contributed by atoms with Gasteiger partial charge in [0.15, 0.2) is 0 Å². The van der Waals surface area contributed by atoms with Gasteiger partial charge in [0.2, 0.25) is 10.0 Å². The fourth-order valence-corrected chi connectivity index (χ4v) is 4.47. The summed E-state index contributed by atoms with van der Waals surface area (Å²) in [5, 5.41) is 3.96. The molecule has 0 fully saturated rings. The summed E-state index contributed by atoms with van der Waals surface area (Å²) in [4.78, 5) is 12.7. The van der Waals surface area contributed by atoms with Crippen LogP contribution in [0.25, 0.3) is 0 Å². The van der Waals surface area contributed by atoms with Crippen molar-refractivity contribution in [1.29, 1.82) is 0 Å². The first kappa shape index (κ1) is 24.0. The lowest BCUT2D eigenvalue weighted by atomic mass is 10.2. The molecule has 172 valence electrons. The SMILES string of the molecule is COc1ccc(OC)c(/C=N\NC(=O)CN(Cc2ccccc2)S(=O)(=O)c2ccccc2)c1. The number of hydrogen-bond acceptors (Lipinski definition) is 6. The van der Waals surface area contributed by atoms with E-state index in [2.05, 4.69) is 10.5 Å². The second-order valence-corrected chi connectivity index (χ2v) is 8.91. The summed E-state index contributed by atoms with van der Waals surface area (Å²) >= 11 is 0. The number of methoxy groups -OCH3 is 2. The highest BCUT2D eigenvalue weighted by Gasteiger charge is 2.26. The normalized spacial score (nSPS) is 11.5. The van der Waals surface area contributed by atoms with Gasteiger partial charge >= 0.3 is 0 Å². The molecule has 0 heterocycles. The quantitative estimate of drug-likeness (QED) is 0.365. The van der Waals surface area contributed by atoms with Crippen molar-refractivity contribution in [3.63, 3.8) is 0 Å². The summed E-state index contributed by atoms with van der Waals surface area (Å²) in [6.45, 7) is -0.363. The molecule has 0 aromatic heterocycles. The molecule has 0 aliphatic rings. The number of ether oxygens (including phenoxy) is 2. The highest BCUT2D eigenvalue weighted by molar-refractivity contribution is 7.89. The van der Waals surface area contributed by atoms with E-state index in [0.717, 1.165) is 9.87 Å². The molecule has 0 atom stereocenters. The van der Waals surface area contributed by atoms with Crippen LogP contribution in [0.15, 0.2) is 88.9 Å². The Bertz CT molecular complexity index is 1200. The lowest BCUT2D eigenvalue weighted by molar-refractivity contribution is -0.121. The lowest BCUT2D eigenvalue weighted by Gasteiger charge is -2.21. The molecular formula is C24H25N3O5S. The van der Waals surface area contributed by atoms with Gasteiger partial charge in [-0.2, -0.15) is 9.41 Å². The molecule has 3 aromatic carbocycles. The van der Waals surface area contributed by atoms with Gasteiger partial charge in [-0.25, -0.2) is 13.8 Å². The number of hydrogen-bond donors (Lipinski definition) is 1. The van der Waals surface area contributed by atoms with Gasteiger partial charge in [0.25, 0.3) is 5.91 Å². The highest BCUT2D eigenvalue weighted by atomic mass is 32.2. The fraction of sp³-hybridized carbons (Fsp3) is 0.167. The molecule has 0 aliphatic heterocycles. The average Bonchev–Trinajstić information content (AvgIpc) is 2.84. The van der Waals surface area contributed by atoms with Crippen LogP contribution in [0.3, 0.4) is 0 Å². The number of carbonyl (C=O) groups excluding carboxylic acids is 1. The van der Waals surface area contributed by atoms with E-state index in [0.29, 0.717) is 17.1 Å². The molecule has 0 aliphatic carbocycles. The van der Waals surface area contributed by atoms with Crippen LogP contribution in [0.1, 0.15) is 11.1 Å². The fourth-order valence-electron chi connectivity index (χ4n) is 3.06. The summed E-state index contributed by atoms with van der Waals surface area (Å²) in [6, 6.07) is 22.2. The third-order valence-corrected chi connectivity index (χ3v) is 6.54. The Morgan fingerprint density at radius 2 is 1.64 bits per heavy atom. The van der Waals surface area contributed by atoms with E-state index in [4.69, 9.17) is 9.47 Å². The van der Waals surface area contributed by atoms with Gasteiger partial charge in [0, 0.05) is 12.1 Å². The number of nitrogens with one attached hydrogen (secondary N) is 1. The predicted octanol–water partition coefficient (Wildman–Crippen LogP) is 3.05. The smallest absolute Gasteiger partial charge is 0.255 e. The first-order valence-corrected chi connectivity index (χ1v) is 11.5. The van der Waals surface area contributed by atoms with E-state index in [1.165, 1.54) is 25.5 Å². The van der Waals surface area contributed by atoms with Crippen molar-refractivity contribution in [2.45, 2.75) is 11.4 Å². The summed E-state index contributed by atoms with van der Waals surface area (Å²) in [5.74, 6) is 0.571. The largest absolute Gasteiger partial charge is 0.497 e. The molecule has 3 aromatic rings. The summed E-state index contributed by atoms with van der Waals surface area (Å²) < 4.78 is 38.0. The molecule has 0 spiro atoms. The standard InChI is InChI=1S/C24H25N3O5S/c1-31-21-13-14-23(32-2)20(15-21)16-25-26-24(28)18-27(17-19-9-5-3-6-10-19)33(29,30)22-11-7-4-8-12-22/h3-16H,17-18H2,1-2H3,(H,26,28)/b25-16-. The first-order chi connectivity index (χ1) is 15.9. The zero-order valence-electron chi connectivity index (χ0n) is 18.3. The molecule has 0 radical (unpaired) electrons. The van der Waals surface area contributed by atoms with E-state index < -0.39 is 22.5 Å². The molecule has 1 amide bonds. The first-order valence-electron chi connectivity index (χ1n) is 10.1. The number of rotatable bonds is 10. The monoisotopic (exact) mass is 467 g/mol. The number of hydrazone groups is 1. The zero-order valence-corrected chi connectivity index (χ0v) is 19.2. The van der Waals surface area contributed by atoms with Crippen LogP contribution in [0.4, 0.5) is 0 Å². The van der Waals surface area contributed by atoms with Crippen LogP contribution in [0, 0.1) is 0 Å². The Morgan fingerprint density at radius 3 is 2.27 bits per heavy atom. The Labute approximate surface area is 193 Å². The van der Waals surface area contributed by atoms with E-state index in [9.17, 15) is 13.2 Å². The number of amides is 1. The number of benzene rings is 3. The molecule has 0 saturated heterocycles. The maximum atomic E-state index is 13.2. The van der Waals surface area contributed by atoms with Gasteiger partial charge in [-0.05, 0) is 35.9 Å². The maximum Gasteiger partial charge on any atom is 0.255 e. The summed E-state index contributed by atoms with van der Waals surface area (Å²) in [5.41, 5.74) is 3.74. The number of carbonyl (C=O) groups is 1. The molecule has 3 rings (SSSR count). The van der Waals surface area contributed by atoms with Gasteiger partial charge < -0.3 is 9.47 Å². The van der Waals surface area contributed by atoms with Crippen molar-refractivity contribution in [1.82, 2.24) is 9.73 Å². The highest BCUT2D eigenvalue weighted by Crippen LogP contribution is 2.22. The Balaban J connectivity index is 1.77. The van der Waals surface area contributed by atoms with Crippen molar-refractivity contribution in [3.05, 3.63) is 90.0 Å². The Hall–Kier alpha value is -3.69. The van der Waals surface area contributed by atoms with Crippen LogP contribution in [0.2, 0.25) is 0 Å². The van der Waals surface area contributed by atoms with Crippen molar-refractivity contribution >= 4 is 22.1 Å². The van der Waals surface area contributed by atoms with Crippen molar-refractivity contribution in [3.8, 4) is 11.5 Å². The summed E-state index contributed by atoms with van der Waals surface area (Å²) in [7, 11) is -0.845. The van der Waals surface area contributed by atoms with Gasteiger partial charge in [-0.15, -0.1) is 0 Å². The Kier molecular flexibility index (Phi) is 8.17. The van der Waals surface area contributed by atoms with E-state index in [1.807, 2.05) is 18.2 Å². The number of sulfonamides is 1. The zero-order chi connectivity index (χ0) is 23.7. The van der Waals surface area contributed by atoms with Crippen LogP contribution in [0.5, 0.6) is 11.5 Å². The van der Waals surface area contributed by atoms with Crippen LogP contribution >= 0.6 is 0 Å². The van der Waals surface area contributed by atoms with E-state index in [1.54, 1.807) is 55.6 Å². The predicted molar refractivity (Wildman–Crippen MR) is 126 cm³/mol. The molecule has 1 N–H and O–H groups in total. The van der Waals surface area contributed by atoms with Gasteiger partial charge in [-0.1, -0.05) is 48.5 Å². The topological polar surface area (TPSA) is 97.3 Å². The van der Waals surface area contributed by atoms with Crippen LogP contribution < -0.4 is 14.9 Å². The third-order valence-electron chi connectivity index (χ3n) is 4.73. The minimum absolute atomic E-state index is 0.0406. The molecule has 8 nitrogen and oxygen atoms in total. The minimum Gasteiger partial charge on any atom is -0.497 e. The summed E-state index contributed by atoms with van der Waals surface area (Å²) in [6.07, 6.45) is 1.41. The molecular weight excluding hydrogens is 442 g/mol. The molecule has 33 heavy (non-hydrogen) atoms. The van der Waals surface area contributed by atoms with Crippen LogP contribution in [-0.2, 0) is 21.4 Å². The van der Waals surface area contributed by atoms with Gasteiger partial charge in [-0.3, -0.25) is 4.79 Å². The van der Waals surface area contributed by atoms with E-state index in [-0.39, 0.29) is 11.4 Å². The molecule has 9 heteroatoms. The van der Waals surface area contributed by atoms with Crippen LogP contribution in [-0.4, -0.2) is 45.6 Å². The van der Waals surface area contributed by atoms with Crippen molar-refractivity contribution in [2.24, 2.45) is 5.10 Å². The van der Waals surface area contributed by atoms with Gasteiger partial charge in [0.1, 0.15) is 11.5 Å². The van der Waals surface area contributed by atoms with Gasteiger partial charge in [0.05, 0.1) is 31.9 Å². The van der Waals surface area contributed by atoms with Crippen molar-refractivity contribution in [2.75, 3.05) is 20.8 Å². The Morgan fingerprint density at radius 1 is 0.970 bits per heavy atom. The minimum atomic E-state index is -3.91. The van der Waals surface area contributed by atoms with Crippen molar-refractivity contribution < 1.29 is 22.7 Å². The van der Waals surface area contributed by atoms with E-state index >= 15 is 0 Å². The number of nitrogens with zero attached hydrogens (tertiary/aromatic N) is 2. The molecule has 0 unspecified atom stereocenters. The molecule has 0 bridgehead atoms. The maximum absolute atomic E-state index is 13.2.